The number of benzene rings is 1. The number of nitrogens with zero attached hydrogens (tertiary/aromatic N) is 3. The molecule has 2 heterocycles. The van der Waals surface area contributed by atoms with Gasteiger partial charge in [-0.15, -0.1) is 5.10 Å². The van der Waals surface area contributed by atoms with Gasteiger partial charge >= 0.3 is 0 Å². The number of halogens is 1. The highest BCUT2D eigenvalue weighted by Crippen LogP contribution is 2.17. The predicted octanol–water partition coefficient (Wildman–Crippen LogP) is 1.83. The van der Waals surface area contributed by atoms with E-state index in [2.05, 4.69) is 20.9 Å². The van der Waals surface area contributed by atoms with E-state index in [4.69, 9.17) is 11.6 Å². The lowest BCUT2D eigenvalue weighted by atomic mass is 10.1. The van der Waals surface area contributed by atoms with Crippen molar-refractivity contribution in [2.24, 2.45) is 0 Å². The van der Waals surface area contributed by atoms with Gasteiger partial charge < -0.3 is 10.6 Å². The molecule has 1 amide bonds. The Hall–Kier alpha value is -1.92. The molecule has 3 rings (SSSR count). The molecule has 2 aromatic rings. The summed E-state index contributed by atoms with van der Waals surface area (Å²) >= 11 is 5.85. The van der Waals surface area contributed by atoms with Crippen molar-refractivity contribution in [3.8, 4) is 0 Å². The van der Waals surface area contributed by atoms with E-state index in [1.54, 1.807) is 6.20 Å². The third kappa shape index (κ3) is 4.30. The molecule has 0 spiro atoms. The number of aromatic nitrogens is 3. The zero-order chi connectivity index (χ0) is 16.1. The summed E-state index contributed by atoms with van der Waals surface area (Å²) in [6.07, 6.45) is 4.53. The maximum atomic E-state index is 12.1. The minimum Gasteiger partial charge on any atom is -0.350 e. The van der Waals surface area contributed by atoms with Gasteiger partial charge in [0, 0.05) is 11.6 Å². The van der Waals surface area contributed by atoms with Gasteiger partial charge in [0.2, 0.25) is 0 Å². The van der Waals surface area contributed by atoms with Crippen molar-refractivity contribution in [3.05, 3.63) is 46.7 Å². The van der Waals surface area contributed by atoms with Gasteiger partial charge in [-0.3, -0.25) is 4.79 Å². The molecule has 1 fully saturated rings. The van der Waals surface area contributed by atoms with Gasteiger partial charge in [-0.25, -0.2) is 4.68 Å². The maximum Gasteiger partial charge on any atom is 0.273 e. The van der Waals surface area contributed by atoms with E-state index in [1.807, 2.05) is 28.9 Å². The first kappa shape index (κ1) is 16.0. The van der Waals surface area contributed by atoms with Crippen LogP contribution < -0.4 is 10.6 Å². The van der Waals surface area contributed by atoms with Crippen LogP contribution in [0.5, 0.6) is 0 Å². The summed E-state index contributed by atoms with van der Waals surface area (Å²) in [5, 5.41) is 15.0. The third-order valence-electron chi connectivity index (χ3n) is 4.04. The number of carbonyl (C=O) groups is 1. The smallest absolute Gasteiger partial charge is 0.273 e. The molecule has 1 saturated heterocycles. The largest absolute Gasteiger partial charge is 0.350 e. The van der Waals surface area contributed by atoms with Gasteiger partial charge in [-0.2, -0.15) is 0 Å². The molecular formula is C16H20ClN5O. The molecule has 1 aromatic heterocycles. The highest BCUT2D eigenvalue weighted by Gasteiger charge is 2.18. The van der Waals surface area contributed by atoms with Crippen molar-refractivity contribution in [2.75, 3.05) is 19.6 Å². The second-order valence-corrected chi connectivity index (χ2v) is 6.13. The van der Waals surface area contributed by atoms with Crippen LogP contribution in [0.1, 0.15) is 34.9 Å². The van der Waals surface area contributed by atoms with Crippen LogP contribution in [-0.2, 0) is 6.42 Å². The molecule has 23 heavy (non-hydrogen) atoms. The lowest BCUT2D eigenvalue weighted by Gasteiger charge is -2.22. The van der Waals surface area contributed by atoms with Gasteiger partial charge in [0.1, 0.15) is 0 Å². The summed E-state index contributed by atoms with van der Waals surface area (Å²) in [6.45, 7) is 2.51. The highest BCUT2D eigenvalue weighted by molar-refractivity contribution is 6.30. The van der Waals surface area contributed by atoms with E-state index in [9.17, 15) is 4.79 Å². The summed E-state index contributed by atoms with van der Waals surface area (Å²) in [5.74, 6) is -0.181. The Morgan fingerprint density at radius 3 is 2.78 bits per heavy atom. The van der Waals surface area contributed by atoms with Crippen LogP contribution >= 0.6 is 11.6 Å². The molecule has 0 radical (unpaired) electrons. The van der Waals surface area contributed by atoms with Crippen LogP contribution in [0.25, 0.3) is 0 Å². The molecule has 0 bridgehead atoms. The lowest BCUT2D eigenvalue weighted by Crippen LogP contribution is -2.29. The second-order valence-electron chi connectivity index (χ2n) is 5.70. The number of amides is 1. The SMILES string of the molecule is O=C(NCCc1ccc(Cl)cc1)c1cn(C2CCNCC2)nn1. The standard InChI is InChI=1S/C16H20ClN5O/c17-13-3-1-12(2-4-13)5-10-19-16(23)15-11-22(21-20-15)14-6-8-18-9-7-14/h1-4,11,14,18H,5-10H2,(H,19,23). The number of piperidine rings is 1. The Bertz CT molecular complexity index is 649. The summed E-state index contributed by atoms with van der Waals surface area (Å²) in [5.41, 5.74) is 1.51. The van der Waals surface area contributed by atoms with E-state index in [-0.39, 0.29) is 5.91 Å². The van der Waals surface area contributed by atoms with Gasteiger partial charge in [0.15, 0.2) is 5.69 Å². The summed E-state index contributed by atoms with van der Waals surface area (Å²) in [6, 6.07) is 7.95. The van der Waals surface area contributed by atoms with Crippen molar-refractivity contribution in [1.82, 2.24) is 25.6 Å². The topological polar surface area (TPSA) is 71.8 Å². The summed E-state index contributed by atoms with van der Waals surface area (Å²) in [4.78, 5) is 12.1. The molecule has 2 N–H and O–H groups in total. The molecule has 0 saturated carbocycles. The van der Waals surface area contributed by atoms with Crippen LogP contribution in [0.2, 0.25) is 5.02 Å². The third-order valence-corrected chi connectivity index (χ3v) is 4.29. The van der Waals surface area contributed by atoms with E-state index in [0.717, 1.165) is 37.9 Å². The monoisotopic (exact) mass is 333 g/mol. The van der Waals surface area contributed by atoms with Crippen LogP contribution in [0.3, 0.4) is 0 Å². The molecule has 1 aromatic carbocycles. The second kappa shape index (κ2) is 7.57. The van der Waals surface area contributed by atoms with Crippen molar-refractivity contribution in [1.29, 1.82) is 0 Å². The summed E-state index contributed by atoms with van der Waals surface area (Å²) in [7, 11) is 0. The number of rotatable bonds is 5. The fourth-order valence-electron chi connectivity index (χ4n) is 2.69. The fourth-order valence-corrected chi connectivity index (χ4v) is 2.82. The Balaban J connectivity index is 1.50. The first-order valence-electron chi connectivity index (χ1n) is 7.87. The molecule has 0 unspecified atom stereocenters. The zero-order valence-corrected chi connectivity index (χ0v) is 13.6. The normalized spacial score (nSPS) is 15.5. The maximum absolute atomic E-state index is 12.1. The van der Waals surface area contributed by atoms with Crippen LogP contribution in [-0.4, -0.2) is 40.5 Å². The van der Waals surface area contributed by atoms with Crippen LogP contribution in [0.4, 0.5) is 0 Å². The molecule has 0 aliphatic carbocycles. The van der Waals surface area contributed by atoms with Gasteiger partial charge in [0.05, 0.1) is 12.2 Å². The van der Waals surface area contributed by atoms with E-state index in [0.29, 0.717) is 23.3 Å². The van der Waals surface area contributed by atoms with E-state index >= 15 is 0 Å². The Morgan fingerprint density at radius 1 is 1.30 bits per heavy atom. The summed E-state index contributed by atoms with van der Waals surface area (Å²) < 4.78 is 1.81. The average Bonchev–Trinajstić information content (AvgIpc) is 3.07. The Morgan fingerprint density at radius 2 is 2.04 bits per heavy atom. The predicted molar refractivity (Wildman–Crippen MR) is 88.7 cm³/mol. The van der Waals surface area contributed by atoms with Gasteiger partial charge in [-0.05, 0) is 50.0 Å². The number of nitrogens with one attached hydrogen (secondary N) is 2. The lowest BCUT2D eigenvalue weighted by molar-refractivity contribution is 0.0949. The number of carbonyl (C=O) groups excluding carboxylic acids is 1. The molecule has 1 aliphatic rings. The number of hydrogen-bond donors (Lipinski definition) is 2. The van der Waals surface area contributed by atoms with Crippen molar-refractivity contribution >= 4 is 17.5 Å². The fraction of sp³-hybridized carbons (Fsp3) is 0.438. The molecular weight excluding hydrogens is 314 g/mol. The van der Waals surface area contributed by atoms with Crippen molar-refractivity contribution in [3.63, 3.8) is 0 Å². The number of hydrogen-bond acceptors (Lipinski definition) is 4. The highest BCUT2D eigenvalue weighted by atomic mass is 35.5. The van der Waals surface area contributed by atoms with E-state index < -0.39 is 0 Å². The van der Waals surface area contributed by atoms with Crippen LogP contribution in [0.15, 0.2) is 30.5 Å². The minimum absolute atomic E-state index is 0.181. The average molecular weight is 334 g/mol. The van der Waals surface area contributed by atoms with Crippen LogP contribution in [0, 0.1) is 0 Å². The quantitative estimate of drug-likeness (QED) is 0.875. The van der Waals surface area contributed by atoms with Gasteiger partial charge in [0.25, 0.3) is 5.91 Å². The zero-order valence-electron chi connectivity index (χ0n) is 12.8. The molecule has 7 heteroatoms. The molecule has 122 valence electrons. The minimum atomic E-state index is -0.181. The molecule has 0 atom stereocenters. The molecule has 6 nitrogen and oxygen atoms in total. The molecule has 1 aliphatic heterocycles. The van der Waals surface area contributed by atoms with E-state index in [1.165, 1.54) is 0 Å². The van der Waals surface area contributed by atoms with Crippen molar-refractivity contribution < 1.29 is 4.79 Å². The Labute approximate surface area is 140 Å². The first-order valence-corrected chi connectivity index (χ1v) is 8.25. The van der Waals surface area contributed by atoms with Gasteiger partial charge in [-0.1, -0.05) is 28.9 Å². The van der Waals surface area contributed by atoms with Crippen molar-refractivity contribution in [2.45, 2.75) is 25.3 Å². The first-order chi connectivity index (χ1) is 11.2. The Kier molecular flexibility index (Phi) is 5.25.